The maximum atomic E-state index is 14.7. The van der Waals surface area contributed by atoms with E-state index < -0.39 is 29.3 Å². The Balaban J connectivity index is 1.85. The Morgan fingerprint density at radius 2 is 1.43 bits per heavy atom. The number of benzene rings is 3. The van der Waals surface area contributed by atoms with Gasteiger partial charge in [-0.25, -0.2) is 9.69 Å². The van der Waals surface area contributed by atoms with Crippen LogP contribution in [0.25, 0.3) is 0 Å². The zero-order chi connectivity index (χ0) is 26.5. The standard InChI is InChI=1S/C28H21Cl4NO4/c1-2-37-27(36)33-25-6-4-3-5-20(25)28(26(33)35)21(18-9-7-15(29)11-23(18)31)13-17(34)14-22(28)19-10-8-16(30)12-24(19)32/h3-12,21-22H,2,13-14H2,1H3/t21-,22-/m1/s1. The first-order valence-electron chi connectivity index (χ1n) is 11.7. The zero-order valence-electron chi connectivity index (χ0n) is 19.6. The summed E-state index contributed by atoms with van der Waals surface area (Å²) in [7, 11) is 0. The maximum Gasteiger partial charge on any atom is 0.421 e. The molecule has 1 spiro atoms. The van der Waals surface area contributed by atoms with Crippen molar-refractivity contribution in [2.45, 2.75) is 37.0 Å². The van der Waals surface area contributed by atoms with Gasteiger partial charge in [0.25, 0.3) is 0 Å². The number of rotatable bonds is 3. The van der Waals surface area contributed by atoms with Gasteiger partial charge in [0.1, 0.15) is 5.78 Å². The van der Waals surface area contributed by atoms with Gasteiger partial charge in [-0.3, -0.25) is 9.59 Å². The van der Waals surface area contributed by atoms with Crippen LogP contribution in [0, 0.1) is 0 Å². The third kappa shape index (κ3) is 4.13. The first kappa shape index (κ1) is 26.1. The summed E-state index contributed by atoms with van der Waals surface area (Å²) in [5.41, 5.74) is 0.802. The smallest absolute Gasteiger partial charge is 0.421 e. The summed E-state index contributed by atoms with van der Waals surface area (Å²) >= 11 is 25.7. The minimum absolute atomic E-state index is 0.0415. The minimum atomic E-state index is -1.38. The summed E-state index contributed by atoms with van der Waals surface area (Å²) < 4.78 is 5.28. The molecule has 0 bridgehead atoms. The first-order valence-corrected chi connectivity index (χ1v) is 13.2. The molecular formula is C28H21Cl4NO4. The van der Waals surface area contributed by atoms with Crippen LogP contribution in [-0.2, 0) is 19.7 Å². The summed E-state index contributed by atoms with van der Waals surface area (Å²) in [4.78, 5) is 42.2. The Morgan fingerprint density at radius 1 is 0.892 bits per heavy atom. The third-order valence-electron chi connectivity index (χ3n) is 7.24. The highest BCUT2D eigenvalue weighted by atomic mass is 35.5. The lowest BCUT2D eigenvalue weighted by atomic mass is 9.54. The highest BCUT2D eigenvalue weighted by Crippen LogP contribution is 2.62. The summed E-state index contributed by atoms with van der Waals surface area (Å²) in [5.74, 6) is -1.96. The van der Waals surface area contributed by atoms with Crippen molar-refractivity contribution in [2.75, 3.05) is 11.5 Å². The van der Waals surface area contributed by atoms with Crippen LogP contribution >= 0.6 is 46.4 Å². The van der Waals surface area contributed by atoms with Gasteiger partial charge in [-0.05, 0) is 53.9 Å². The number of fused-ring (bicyclic) bond motifs is 2. The number of Topliss-reactive ketones (excluding diaryl/α,β-unsaturated/α-hetero) is 1. The SMILES string of the molecule is CCOC(=O)N1C(=O)C2(c3ccccc31)[C@@H](c1ccc(Cl)cc1Cl)CC(=O)C[C@@H]2c1ccc(Cl)cc1Cl. The molecule has 0 radical (unpaired) electrons. The lowest BCUT2D eigenvalue weighted by Crippen LogP contribution is -2.53. The van der Waals surface area contributed by atoms with Gasteiger partial charge in [0.15, 0.2) is 0 Å². The van der Waals surface area contributed by atoms with Crippen molar-refractivity contribution in [1.82, 2.24) is 0 Å². The molecule has 1 aliphatic carbocycles. The van der Waals surface area contributed by atoms with E-state index >= 15 is 0 Å². The van der Waals surface area contributed by atoms with Crippen molar-refractivity contribution in [3.63, 3.8) is 0 Å². The van der Waals surface area contributed by atoms with E-state index in [-0.39, 0.29) is 25.2 Å². The number of para-hydroxylation sites is 1. The van der Waals surface area contributed by atoms with Crippen molar-refractivity contribution < 1.29 is 19.1 Å². The number of amides is 2. The molecule has 3 aromatic carbocycles. The Morgan fingerprint density at radius 3 is 1.95 bits per heavy atom. The second kappa shape index (κ2) is 9.95. The molecule has 5 nitrogen and oxygen atoms in total. The number of ether oxygens (including phenoxy) is 1. The number of hydrogen-bond donors (Lipinski definition) is 0. The summed E-state index contributed by atoms with van der Waals surface area (Å²) in [6, 6.07) is 17.1. The van der Waals surface area contributed by atoms with Crippen LogP contribution in [0.4, 0.5) is 10.5 Å². The average molecular weight is 577 g/mol. The van der Waals surface area contributed by atoms with Crippen molar-refractivity contribution in [1.29, 1.82) is 0 Å². The molecule has 9 heteroatoms. The molecule has 2 aliphatic rings. The molecule has 190 valence electrons. The molecule has 37 heavy (non-hydrogen) atoms. The normalized spacial score (nSPS) is 20.3. The van der Waals surface area contributed by atoms with Gasteiger partial charge in [-0.2, -0.15) is 0 Å². The number of hydrogen-bond acceptors (Lipinski definition) is 4. The van der Waals surface area contributed by atoms with Gasteiger partial charge < -0.3 is 4.74 Å². The van der Waals surface area contributed by atoms with Crippen LogP contribution in [0.15, 0.2) is 60.7 Å². The monoisotopic (exact) mass is 575 g/mol. The highest BCUT2D eigenvalue weighted by Gasteiger charge is 2.64. The van der Waals surface area contributed by atoms with Gasteiger partial charge >= 0.3 is 6.09 Å². The van der Waals surface area contributed by atoms with Crippen molar-refractivity contribution >= 4 is 69.9 Å². The largest absolute Gasteiger partial charge is 0.449 e. The van der Waals surface area contributed by atoms with Crippen LogP contribution in [0.3, 0.4) is 0 Å². The maximum absolute atomic E-state index is 14.7. The van der Waals surface area contributed by atoms with Crippen LogP contribution in [-0.4, -0.2) is 24.4 Å². The second-order valence-corrected chi connectivity index (χ2v) is 10.8. The minimum Gasteiger partial charge on any atom is -0.449 e. The molecule has 0 unspecified atom stereocenters. The molecule has 1 fully saturated rings. The molecule has 0 N–H and O–H groups in total. The van der Waals surface area contributed by atoms with E-state index in [4.69, 9.17) is 51.1 Å². The number of ketones is 1. The predicted octanol–water partition coefficient (Wildman–Crippen LogP) is 7.97. The predicted molar refractivity (Wildman–Crippen MR) is 145 cm³/mol. The molecule has 0 aromatic heterocycles. The quantitative estimate of drug-likeness (QED) is 0.317. The average Bonchev–Trinajstić information content (AvgIpc) is 3.10. The molecule has 1 saturated carbocycles. The van der Waals surface area contributed by atoms with Crippen molar-refractivity contribution in [3.8, 4) is 0 Å². The van der Waals surface area contributed by atoms with Gasteiger partial charge in [0.05, 0.1) is 17.7 Å². The van der Waals surface area contributed by atoms with Crippen LogP contribution in [0.5, 0.6) is 0 Å². The van der Waals surface area contributed by atoms with E-state index in [0.29, 0.717) is 42.5 Å². The van der Waals surface area contributed by atoms with E-state index in [2.05, 4.69) is 0 Å². The van der Waals surface area contributed by atoms with Crippen LogP contribution in [0.2, 0.25) is 20.1 Å². The number of nitrogens with zero attached hydrogens (tertiary/aromatic N) is 1. The van der Waals surface area contributed by atoms with Gasteiger partial charge in [-0.1, -0.05) is 76.7 Å². The van der Waals surface area contributed by atoms with Gasteiger partial charge in [-0.15, -0.1) is 0 Å². The Labute approximate surface area is 234 Å². The summed E-state index contributed by atoms with van der Waals surface area (Å²) in [5, 5.41) is 1.50. The van der Waals surface area contributed by atoms with Gasteiger partial charge in [0, 0.05) is 44.8 Å². The topological polar surface area (TPSA) is 63.7 Å². The summed E-state index contributed by atoms with van der Waals surface area (Å²) in [6.45, 7) is 1.77. The fourth-order valence-electron chi connectivity index (χ4n) is 5.85. The number of anilines is 1. The van der Waals surface area contributed by atoms with Crippen molar-refractivity contribution in [2.24, 2.45) is 0 Å². The number of carbonyl (C=O) groups excluding carboxylic acids is 3. The number of imide groups is 1. The number of carbonyl (C=O) groups is 3. The van der Waals surface area contributed by atoms with Crippen molar-refractivity contribution in [3.05, 3.63) is 97.4 Å². The van der Waals surface area contributed by atoms with E-state index in [1.807, 2.05) is 6.07 Å². The Hall–Kier alpha value is -2.57. The third-order valence-corrected chi connectivity index (χ3v) is 8.36. The first-order chi connectivity index (χ1) is 17.7. The fourth-order valence-corrected chi connectivity index (χ4v) is 6.93. The van der Waals surface area contributed by atoms with E-state index in [0.717, 1.165) is 4.90 Å². The molecule has 2 atom stereocenters. The van der Waals surface area contributed by atoms with Crippen LogP contribution < -0.4 is 4.90 Å². The Bertz CT molecular complexity index is 1380. The lowest BCUT2D eigenvalue weighted by Gasteiger charge is -2.46. The molecular weight excluding hydrogens is 556 g/mol. The van der Waals surface area contributed by atoms with Crippen LogP contribution in [0.1, 0.15) is 48.3 Å². The lowest BCUT2D eigenvalue weighted by molar-refractivity contribution is -0.130. The molecule has 1 aliphatic heterocycles. The van der Waals surface area contributed by atoms with E-state index in [9.17, 15) is 14.4 Å². The second-order valence-electron chi connectivity index (χ2n) is 9.11. The molecule has 0 saturated heterocycles. The molecule has 5 rings (SSSR count). The summed E-state index contributed by atoms with van der Waals surface area (Å²) in [6.07, 6.45) is -0.699. The number of halogens is 4. The Kier molecular flexibility index (Phi) is 7.01. The van der Waals surface area contributed by atoms with E-state index in [1.165, 1.54) is 0 Å². The van der Waals surface area contributed by atoms with E-state index in [1.54, 1.807) is 61.5 Å². The van der Waals surface area contributed by atoms with Gasteiger partial charge in [0.2, 0.25) is 5.91 Å². The molecule has 3 aromatic rings. The fraction of sp³-hybridized carbons (Fsp3) is 0.250. The zero-order valence-corrected chi connectivity index (χ0v) is 22.7. The highest BCUT2D eigenvalue weighted by molar-refractivity contribution is 6.36. The molecule has 2 amide bonds. The molecule has 1 heterocycles.